The SMILES string of the molecule is COCCn1ncc2c(N)c(C(=O)O)c(C)nc21. The lowest BCUT2D eigenvalue weighted by Crippen LogP contribution is -2.10. The van der Waals surface area contributed by atoms with E-state index in [0.29, 0.717) is 29.9 Å². The minimum atomic E-state index is -1.08. The third kappa shape index (κ3) is 1.88. The Morgan fingerprint density at radius 1 is 1.61 bits per heavy atom. The number of fused-ring (bicyclic) bond motifs is 1. The van der Waals surface area contributed by atoms with Crippen molar-refractivity contribution in [1.29, 1.82) is 0 Å². The number of ether oxygens (including phenoxy) is 1. The van der Waals surface area contributed by atoms with Crippen molar-refractivity contribution < 1.29 is 14.6 Å². The Labute approximate surface area is 103 Å². The van der Waals surface area contributed by atoms with Crippen molar-refractivity contribution in [2.45, 2.75) is 13.5 Å². The molecule has 0 bridgehead atoms. The van der Waals surface area contributed by atoms with Crippen LogP contribution in [0.1, 0.15) is 16.1 Å². The van der Waals surface area contributed by atoms with E-state index in [-0.39, 0.29) is 11.3 Å². The van der Waals surface area contributed by atoms with Crippen molar-refractivity contribution in [3.05, 3.63) is 17.5 Å². The first kappa shape index (κ1) is 12.3. The van der Waals surface area contributed by atoms with E-state index >= 15 is 0 Å². The monoisotopic (exact) mass is 250 g/mol. The number of anilines is 1. The Hall–Kier alpha value is -2.15. The van der Waals surface area contributed by atoms with Crippen molar-refractivity contribution in [3.8, 4) is 0 Å². The lowest BCUT2D eigenvalue weighted by molar-refractivity contribution is 0.0697. The molecule has 0 aliphatic carbocycles. The number of carboxylic acids is 1. The molecule has 7 heteroatoms. The molecular weight excluding hydrogens is 236 g/mol. The van der Waals surface area contributed by atoms with E-state index in [4.69, 9.17) is 15.6 Å². The third-order valence-corrected chi connectivity index (χ3v) is 2.73. The Balaban J connectivity index is 2.61. The maximum Gasteiger partial charge on any atom is 0.339 e. The van der Waals surface area contributed by atoms with Crippen molar-refractivity contribution in [2.75, 3.05) is 19.5 Å². The number of methoxy groups -OCH3 is 1. The van der Waals surface area contributed by atoms with Crippen LogP contribution in [-0.2, 0) is 11.3 Å². The predicted molar refractivity (Wildman–Crippen MR) is 65.5 cm³/mol. The van der Waals surface area contributed by atoms with Gasteiger partial charge in [-0.1, -0.05) is 0 Å². The maximum atomic E-state index is 11.1. The molecule has 0 saturated heterocycles. The highest BCUT2D eigenvalue weighted by atomic mass is 16.5. The number of nitrogens with two attached hydrogens (primary N) is 1. The highest BCUT2D eigenvalue weighted by molar-refractivity contribution is 6.03. The van der Waals surface area contributed by atoms with Crippen LogP contribution in [0.3, 0.4) is 0 Å². The number of nitrogen functional groups attached to an aromatic ring is 1. The fraction of sp³-hybridized carbons (Fsp3) is 0.364. The van der Waals surface area contributed by atoms with Crippen LogP contribution < -0.4 is 5.73 Å². The van der Waals surface area contributed by atoms with E-state index in [1.165, 1.54) is 6.20 Å². The summed E-state index contributed by atoms with van der Waals surface area (Å²) in [6.07, 6.45) is 1.53. The van der Waals surface area contributed by atoms with Gasteiger partial charge in [-0.05, 0) is 6.92 Å². The van der Waals surface area contributed by atoms with Crippen LogP contribution in [0.4, 0.5) is 5.69 Å². The van der Waals surface area contributed by atoms with Crippen LogP contribution in [0.15, 0.2) is 6.20 Å². The number of aromatic carboxylic acids is 1. The molecule has 0 aliphatic heterocycles. The van der Waals surface area contributed by atoms with Crippen LogP contribution in [-0.4, -0.2) is 39.6 Å². The van der Waals surface area contributed by atoms with Crippen LogP contribution in [0.2, 0.25) is 0 Å². The molecule has 2 rings (SSSR count). The van der Waals surface area contributed by atoms with Gasteiger partial charge in [-0.15, -0.1) is 0 Å². The predicted octanol–water partition coefficient (Wildman–Crippen LogP) is 0.667. The average Bonchev–Trinajstić information content (AvgIpc) is 2.69. The van der Waals surface area contributed by atoms with E-state index < -0.39 is 5.97 Å². The zero-order valence-electron chi connectivity index (χ0n) is 10.2. The number of aryl methyl sites for hydroxylation is 1. The number of hydrogen-bond donors (Lipinski definition) is 2. The summed E-state index contributed by atoms with van der Waals surface area (Å²) in [6, 6.07) is 0. The van der Waals surface area contributed by atoms with Gasteiger partial charge in [-0.2, -0.15) is 5.10 Å². The quantitative estimate of drug-likeness (QED) is 0.826. The Bertz CT molecular complexity index is 606. The van der Waals surface area contributed by atoms with Crippen molar-refractivity contribution in [2.24, 2.45) is 0 Å². The fourth-order valence-electron chi connectivity index (χ4n) is 1.84. The molecule has 3 N–H and O–H groups in total. The molecule has 0 amide bonds. The topological polar surface area (TPSA) is 103 Å². The molecule has 0 aliphatic rings. The minimum absolute atomic E-state index is 0.0359. The van der Waals surface area contributed by atoms with Crippen LogP contribution >= 0.6 is 0 Å². The molecule has 0 unspecified atom stereocenters. The minimum Gasteiger partial charge on any atom is -0.478 e. The van der Waals surface area contributed by atoms with Crippen LogP contribution in [0.25, 0.3) is 11.0 Å². The van der Waals surface area contributed by atoms with E-state index in [9.17, 15) is 4.79 Å². The average molecular weight is 250 g/mol. The standard InChI is InChI=1S/C11H14N4O3/c1-6-8(11(16)17)9(12)7-5-13-15(3-4-18-2)10(7)14-6/h5H,3-4H2,1-2H3,(H2,12,14)(H,16,17). The zero-order chi connectivity index (χ0) is 13.3. The summed E-state index contributed by atoms with van der Waals surface area (Å²) in [5.41, 5.74) is 7.05. The Kier molecular flexibility index (Phi) is 3.15. The summed E-state index contributed by atoms with van der Waals surface area (Å²) in [6.45, 7) is 2.66. The fourth-order valence-corrected chi connectivity index (χ4v) is 1.84. The second kappa shape index (κ2) is 4.61. The number of carbonyl (C=O) groups is 1. The molecule has 0 atom stereocenters. The molecule has 96 valence electrons. The maximum absolute atomic E-state index is 11.1. The molecule has 18 heavy (non-hydrogen) atoms. The summed E-state index contributed by atoms with van der Waals surface area (Å²) in [4.78, 5) is 15.4. The molecule has 0 aromatic carbocycles. The van der Waals surface area contributed by atoms with Crippen LogP contribution in [0, 0.1) is 6.92 Å². The number of aromatic nitrogens is 3. The van der Waals surface area contributed by atoms with E-state index in [2.05, 4.69) is 10.1 Å². The zero-order valence-corrected chi connectivity index (χ0v) is 10.2. The number of carboxylic acid groups (broad SMARTS) is 1. The number of rotatable bonds is 4. The van der Waals surface area contributed by atoms with Gasteiger partial charge in [-0.3, -0.25) is 0 Å². The lowest BCUT2D eigenvalue weighted by atomic mass is 10.1. The molecule has 0 saturated carbocycles. The number of hydrogen-bond acceptors (Lipinski definition) is 5. The van der Waals surface area contributed by atoms with Crippen LogP contribution in [0.5, 0.6) is 0 Å². The lowest BCUT2D eigenvalue weighted by Gasteiger charge is -2.07. The highest BCUT2D eigenvalue weighted by Gasteiger charge is 2.18. The van der Waals surface area contributed by atoms with Gasteiger partial charge < -0.3 is 15.6 Å². The second-order valence-electron chi connectivity index (χ2n) is 3.89. The molecule has 0 spiro atoms. The first-order chi connectivity index (χ1) is 8.56. The molecule has 7 nitrogen and oxygen atoms in total. The summed E-state index contributed by atoms with van der Waals surface area (Å²) in [7, 11) is 1.60. The van der Waals surface area contributed by atoms with E-state index in [1.807, 2.05) is 0 Å². The Morgan fingerprint density at radius 2 is 2.33 bits per heavy atom. The molecular formula is C11H14N4O3. The summed E-state index contributed by atoms with van der Waals surface area (Å²) >= 11 is 0. The molecule has 2 heterocycles. The summed E-state index contributed by atoms with van der Waals surface area (Å²) in [5.74, 6) is -1.08. The largest absolute Gasteiger partial charge is 0.478 e. The highest BCUT2D eigenvalue weighted by Crippen LogP contribution is 2.25. The van der Waals surface area contributed by atoms with Gasteiger partial charge >= 0.3 is 5.97 Å². The Morgan fingerprint density at radius 3 is 2.94 bits per heavy atom. The molecule has 2 aromatic rings. The van der Waals surface area contributed by atoms with Gasteiger partial charge in [-0.25, -0.2) is 14.5 Å². The van der Waals surface area contributed by atoms with Gasteiger partial charge in [0.2, 0.25) is 0 Å². The van der Waals surface area contributed by atoms with Gasteiger partial charge in [0.15, 0.2) is 5.65 Å². The van der Waals surface area contributed by atoms with Gasteiger partial charge in [0, 0.05) is 7.11 Å². The van der Waals surface area contributed by atoms with Crippen molar-refractivity contribution in [1.82, 2.24) is 14.8 Å². The number of nitrogens with zero attached hydrogens (tertiary/aromatic N) is 3. The third-order valence-electron chi connectivity index (χ3n) is 2.73. The van der Waals surface area contributed by atoms with Crippen molar-refractivity contribution >= 4 is 22.7 Å². The van der Waals surface area contributed by atoms with Crippen molar-refractivity contribution in [3.63, 3.8) is 0 Å². The molecule has 0 radical (unpaired) electrons. The smallest absolute Gasteiger partial charge is 0.339 e. The molecule has 2 aromatic heterocycles. The summed E-state index contributed by atoms with van der Waals surface area (Å²) in [5, 5.41) is 13.8. The summed E-state index contributed by atoms with van der Waals surface area (Å²) < 4.78 is 6.62. The normalized spacial score (nSPS) is 11.0. The number of pyridine rings is 1. The van der Waals surface area contributed by atoms with E-state index in [0.717, 1.165) is 0 Å². The van der Waals surface area contributed by atoms with E-state index in [1.54, 1.807) is 18.7 Å². The van der Waals surface area contributed by atoms with Gasteiger partial charge in [0.25, 0.3) is 0 Å². The first-order valence-corrected chi connectivity index (χ1v) is 5.40. The van der Waals surface area contributed by atoms with Gasteiger partial charge in [0.1, 0.15) is 5.56 Å². The molecule has 0 fully saturated rings. The van der Waals surface area contributed by atoms with Gasteiger partial charge in [0.05, 0.1) is 36.1 Å². The second-order valence-corrected chi connectivity index (χ2v) is 3.89. The first-order valence-electron chi connectivity index (χ1n) is 5.40.